The zero-order valence-electron chi connectivity index (χ0n) is 14.3. The fraction of sp³-hybridized carbons (Fsp3) is 0.368. The van der Waals surface area contributed by atoms with Gasteiger partial charge >= 0.3 is 0 Å². The van der Waals surface area contributed by atoms with E-state index in [1.807, 2.05) is 42.6 Å². The highest BCUT2D eigenvalue weighted by Crippen LogP contribution is 2.09. The Morgan fingerprint density at radius 3 is 2.60 bits per heavy atom. The number of H-pyrrole nitrogens is 1. The van der Waals surface area contributed by atoms with Crippen molar-refractivity contribution in [1.82, 2.24) is 5.32 Å². The minimum atomic E-state index is 0.128. The SMILES string of the molecule is O=C(C[NH+]1CCN(c2cccc[nH+]2)CC1)NCCc1ccc(Cl)cc1. The van der Waals surface area contributed by atoms with Gasteiger partial charge in [-0.1, -0.05) is 29.8 Å². The Bertz CT molecular complexity index is 670. The number of piperazine rings is 1. The molecule has 0 atom stereocenters. The number of aromatic amines is 1. The van der Waals surface area contributed by atoms with Crippen LogP contribution in [0.5, 0.6) is 0 Å². The number of nitrogens with zero attached hydrogens (tertiary/aromatic N) is 1. The largest absolute Gasteiger partial charge is 0.351 e. The van der Waals surface area contributed by atoms with Gasteiger partial charge in [-0.05, 0) is 30.2 Å². The van der Waals surface area contributed by atoms with Crippen molar-refractivity contribution in [2.75, 3.05) is 44.2 Å². The van der Waals surface area contributed by atoms with Crippen LogP contribution in [-0.2, 0) is 11.2 Å². The number of halogens is 1. The topological polar surface area (TPSA) is 50.9 Å². The van der Waals surface area contributed by atoms with Crippen LogP contribution in [0.1, 0.15) is 5.56 Å². The van der Waals surface area contributed by atoms with E-state index in [0.29, 0.717) is 13.1 Å². The first-order valence-electron chi connectivity index (χ1n) is 8.77. The molecule has 1 aromatic heterocycles. The Kier molecular flexibility index (Phi) is 6.25. The number of benzene rings is 1. The number of aromatic nitrogens is 1. The second-order valence-electron chi connectivity index (χ2n) is 6.39. The van der Waals surface area contributed by atoms with E-state index in [1.54, 1.807) is 0 Å². The van der Waals surface area contributed by atoms with Gasteiger partial charge in [0.1, 0.15) is 26.2 Å². The standard InChI is InChI=1S/C19H23ClN4O/c20-17-6-4-16(5-7-17)8-10-22-19(25)15-23-11-13-24(14-12-23)18-3-1-2-9-21-18/h1-7,9H,8,10-15H2,(H,22,25)/p+2. The fourth-order valence-corrected chi connectivity index (χ4v) is 3.23. The van der Waals surface area contributed by atoms with Crippen molar-refractivity contribution in [3.05, 3.63) is 59.2 Å². The quantitative estimate of drug-likeness (QED) is 0.774. The Morgan fingerprint density at radius 2 is 1.92 bits per heavy atom. The predicted octanol–water partition coefficient (Wildman–Crippen LogP) is 0.218. The molecule has 25 heavy (non-hydrogen) atoms. The molecule has 1 aliphatic rings. The smallest absolute Gasteiger partial charge is 0.275 e. The summed E-state index contributed by atoms with van der Waals surface area (Å²) >= 11 is 5.88. The van der Waals surface area contributed by atoms with Gasteiger partial charge in [-0.2, -0.15) is 0 Å². The molecule has 3 rings (SSSR count). The molecule has 2 heterocycles. The number of carbonyl (C=O) groups is 1. The van der Waals surface area contributed by atoms with Gasteiger partial charge in [-0.25, -0.2) is 4.98 Å². The average molecular weight is 361 g/mol. The lowest BCUT2D eigenvalue weighted by Gasteiger charge is -2.27. The molecule has 3 N–H and O–H groups in total. The summed E-state index contributed by atoms with van der Waals surface area (Å²) in [5.41, 5.74) is 1.18. The summed E-state index contributed by atoms with van der Waals surface area (Å²) in [7, 11) is 0. The maximum Gasteiger partial charge on any atom is 0.275 e. The van der Waals surface area contributed by atoms with E-state index in [0.717, 1.165) is 43.4 Å². The van der Waals surface area contributed by atoms with Crippen molar-refractivity contribution < 1.29 is 14.7 Å². The molecule has 6 heteroatoms. The van der Waals surface area contributed by atoms with E-state index in [9.17, 15) is 4.79 Å². The number of nitrogens with one attached hydrogen (secondary N) is 3. The highest BCUT2D eigenvalue weighted by molar-refractivity contribution is 6.30. The first-order chi connectivity index (χ1) is 12.2. The number of hydrogen-bond acceptors (Lipinski definition) is 2. The van der Waals surface area contributed by atoms with E-state index < -0.39 is 0 Å². The van der Waals surface area contributed by atoms with Gasteiger partial charge in [0, 0.05) is 17.6 Å². The van der Waals surface area contributed by atoms with Gasteiger partial charge in [-0.3, -0.25) is 9.69 Å². The summed E-state index contributed by atoms with van der Waals surface area (Å²) in [6.45, 7) is 5.11. The molecular weight excluding hydrogens is 336 g/mol. The van der Waals surface area contributed by atoms with E-state index in [1.165, 1.54) is 10.5 Å². The third-order valence-corrected chi connectivity index (χ3v) is 4.82. The highest BCUT2D eigenvalue weighted by atomic mass is 35.5. The van der Waals surface area contributed by atoms with Crippen LogP contribution >= 0.6 is 11.6 Å². The van der Waals surface area contributed by atoms with Gasteiger partial charge in [0.2, 0.25) is 0 Å². The Balaban J connectivity index is 1.35. The maximum atomic E-state index is 12.1. The van der Waals surface area contributed by atoms with Crippen LogP contribution in [0.2, 0.25) is 5.02 Å². The van der Waals surface area contributed by atoms with Crippen LogP contribution in [0, 0.1) is 0 Å². The highest BCUT2D eigenvalue weighted by Gasteiger charge is 2.26. The van der Waals surface area contributed by atoms with Gasteiger partial charge in [0.15, 0.2) is 6.54 Å². The van der Waals surface area contributed by atoms with Crippen LogP contribution in [0.3, 0.4) is 0 Å². The molecule has 0 radical (unpaired) electrons. The second-order valence-corrected chi connectivity index (χ2v) is 6.82. The van der Waals surface area contributed by atoms with Crippen LogP contribution in [0.25, 0.3) is 0 Å². The van der Waals surface area contributed by atoms with Crippen LogP contribution < -0.4 is 20.1 Å². The molecule has 0 unspecified atom stereocenters. The van der Waals surface area contributed by atoms with Crippen molar-refractivity contribution in [1.29, 1.82) is 0 Å². The van der Waals surface area contributed by atoms with Crippen molar-refractivity contribution in [3.63, 3.8) is 0 Å². The van der Waals surface area contributed by atoms with Crippen LogP contribution in [0.15, 0.2) is 48.7 Å². The van der Waals surface area contributed by atoms with Gasteiger partial charge in [-0.15, -0.1) is 0 Å². The summed E-state index contributed by atoms with van der Waals surface area (Å²) < 4.78 is 0. The zero-order chi connectivity index (χ0) is 17.5. The minimum Gasteiger partial charge on any atom is -0.351 e. The molecule has 1 aliphatic heterocycles. The summed E-state index contributed by atoms with van der Waals surface area (Å²) in [6.07, 6.45) is 2.78. The molecular formula is C19H25ClN4O+2. The Morgan fingerprint density at radius 1 is 1.16 bits per heavy atom. The third-order valence-electron chi connectivity index (χ3n) is 4.56. The van der Waals surface area contributed by atoms with Gasteiger partial charge < -0.3 is 10.2 Å². The molecule has 1 aromatic carbocycles. The minimum absolute atomic E-state index is 0.128. The van der Waals surface area contributed by atoms with E-state index in [2.05, 4.69) is 21.3 Å². The molecule has 132 valence electrons. The van der Waals surface area contributed by atoms with Crippen molar-refractivity contribution in [3.8, 4) is 0 Å². The molecule has 2 aromatic rings. The molecule has 1 amide bonds. The molecule has 0 aliphatic carbocycles. The summed E-state index contributed by atoms with van der Waals surface area (Å²) in [4.78, 5) is 19.1. The van der Waals surface area contributed by atoms with Crippen molar-refractivity contribution >= 4 is 23.3 Å². The Hall–Kier alpha value is -2.11. The monoisotopic (exact) mass is 360 g/mol. The second kappa shape index (κ2) is 8.83. The first kappa shape index (κ1) is 17.7. The van der Waals surface area contributed by atoms with E-state index in [4.69, 9.17) is 11.6 Å². The molecule has 0 spiro atoms. The van der Waals surface area contributed by atoms with Crippen LogP contribution in [0.4, 0.5) is 5.82 Å². The van der Waals surface area contributed by atoms with E-state index in [-0.39, 0.29) is 5.91 Å². The summed E-state index contributed by atoms with van der Waals surface area (Å²) in [5.74, 6) is 1.28. The molecule has 1 saturated heterocycles. The Labute approximate surface area is 153 Å². The van der Waals surface area contributed by atoms with Crippen LogP contribution in [-0.4, -0.2) is 45.2 Å². The lowest BCUT2D eigenvalue weighted by Crippen LogP contribution is -3.16. The first-order valence-corrected chi connectivity index (χ1v) is 9.15. The number of anilines is 1. The lowest BCUT2D eigenvalue weighted by molar-refractivity contribution is -0.892. The molecule has 5 nitrogen and oxygen atoms in total. The fourth-order valence-electron chi connectivity index (χ4n) is 3.11. The number of hydrogen-bond donors (Lipinski definition) is 2. The van der Waals surface area contributed by atoms with E-state index >= 15 is 0 Å². The number of amides is 1. The number of rotatable bonds is 6. The maximum absolute atomic E-state index is 12.1. The van der Waals surface area contributed by atoms with Gasteiger partial charge in [0.05, 0.1) is 6.20 Å². The molecule has 0 bridgehead atoms. The predicted molar refractivity (Wildman–Crippen MR) is 98.9 cm³/mol. The number of pyridine rings is 1. The molecule has 0 saturated carbocycles. The van der Waals surface area contributed by atoms with Crippen molar-refractivity contribution in [2.24, 2.45) is 0 Å². The van der Waals surface area contributed by atoms with Gasteiger partial charge in [0.25, 0.3) is 11.7 Å². The zero-order valence-corrected chi connectivity index (χ0v) is 15.1. The normalized spacial score (nSPS) is 15.2. The third kappa shape index (κ3) is 5.44. The number of carbonyl (C=O) groups excluding carboxylic acids is 1. The summed E-state index contributed by atoms with van der Waals surface area (Å²) in [5, 5.41) is 3.76. The lowest BCUT2D eigenvalue weighted by atomic mass is 10.1. The molecule has 1 fully saturated rings. The average Bonchev–Trinajstić information content (AvgIpc) is 2.65. The van der Waals surface area contributed by atoms with Crippen molar-refractivity contribution in [2.45, 2.75) is 6.42 Å². The summed E-state index contributed by atoms with van der Waals surface area (Å²) in [6, 6.07) is 13.9. The number of quaternary nitrogens is 1.